The highest BCUT2D eigenvalue weighted by molar-refractivity contribution is 5.85. The monoisotopic (exact) mass is 322 g/mol. The molecule has 0 spiro atoms. The zero-order valence-electron chi connectivity index (χ0n) is 13.5. The predicted octanol–water partition coefficient (Wildman–Crippen LogP) is 3.51. The Bertz CT molecular complexity index is 858. The van der Waals surface area contributed by atoms with Crippen LogP contribution in [0.5, 0.6) is 5.75 Å². The van der Waals surface area contributed by atoms with Crippen LogP contribution in [0.4, 0.5) is 17.3 Å². The van der Waals surface area contributed by atoms with E-state index in [9.17, 15) is 4.79 Å². The van der Waals surface area contributed by atoms with Gasteiger partial charge in [-0.25, -0.2) is 9.97 Å². The molecule has 0 atom stereocenters. The first-order valence-corrected chi connectivity index (χ1v) is 7.65. The molecule has 0 bridgehead atoms. The lowest BCUT2D eigenvalue weighted by Crippen LogP contribution is -2.05. The second kappa shape index (κ2) is 6.95. The molecule has 1 heterocycles. The predicted molar refractivity (Wildman–Crippen MR) is 94.9 cm³/mol. The largest absolute Gasteiger partial charge is 0.497 e. The maximum absolute atomic E-state index is 10.9. The van der Waals surface area contributed by atoms with E-state index in [0.717, 1.165) is 28.9 Å². The van der Waals surface area contributed by atoms with Crippen LogP contribution < -0.4 is 15.4 Å². The van der Waals surface area contributed by atoms with Crippen molar-refractivity contribution in [2.45, 2.75) is 13.3 Å². The number of aryl methyl sites for hydroxylation is 1. The van der Waals surface area contributed by atoms with Gasteiger partial charge in [0.05, 0.1) is 18.1 Å². The minimum Gasteiger partial charge on any atom is -0.497 e. The van der Waals surface area contributed by atoms with Crippen LogP contribution in [0.3, 0.4) is 0 Å². The number of rotatable bonds is 6. The van der Waals surface area contributed by atoms with Crippen molar-refractivity contribution in [2.24, 2.45) is 0 Å². The van der Waals surface area contributed by atoms with Crippen LogP contribution >= 0.6 is 0 Å². The minimum atomic E-state index is 0.379. The van der Waals surface area contributed by atoms with Gasteiger partial charge in [0.1, 0.15) is 5.75 Å². The summed E-state index contributed by atoms with van der Waals surface area (Å²) < 4.78 is 5.34. The molecule has 0 aliphatic heterocycles. The third-order valence-electron chi connectivity index (χ3n) is 3.64. The average Bonchev–Trinajstić information content (AvgIpc) is 2.62. The van der Waals surface area contributed by atoms with E-state index in [1.807, 2.05) is 42.5 Å². The first-order valence-electron chi connectivity index (χ1n) is 7.65. The lowest BCUT2D eigenvalue weighted by atomic mass is 10.1. The molecule has 0 aliphatic carbocycles. The van der Waals surface area contributed by atoms with Gasteiger partial charge in [0.25, 0.3) is 0 Å². The summed E-state index contributed by atoms with van der Waals surface area (Å²) in [5.41, 5.74) is 3.42. The van der Waals surface area contributed by atoms with Gasteiger partial charge in [0, 0.05) is 11.8 Å². The zero-order chi connectivity index (χ0) is 16.9. The third kappa shape index (κ3) is 3.27. The molecular weight excluding hydrogens is 304 g/mol. The molecule has 6 nitrogen and oxygen atoms in total. The van der Waals surface area contributed by atoms with Crippen molar-refractivity contribution in [1.82, 2.24) is 9.97 Å². The van der Waals surface area contributed by atoms with E-state index in [2.05, 4.69) is 27.5 Å². The first-order chi connectivity index (χ1) is 11.7. The molecule has 122 valence electrons. The maximum Gasteiger partial charge on any atom is 0.212 e. The number of ether oxygens (including phenoxy) is 1. The molecule has 0 saturated heterocycles. The summed E-state index contributed by atoms with van der Waals surface area (Å²) in [4.78, 5) is 19.9. The van der Waals surface area contributed by atoms with Gasteiger partial charge in [0.2, 0.25) is 6.41 Å². The van der Waals surface area contributed by atoms with Crippen LogP contribution in [-0.2, 0) is 11.2 Å². The molecule has 3 aromatic rings. The van der Waals surface area contributed by atoms with Crippen LogP contribution in [0, 0.1) is 0 Å². The number of carbonyl (C=O) groups is 1. The molecule has 0 saturated carbocycles. The Labute approximate surface area is 139 Å². The van der Waals surface area contributed by atoms with Gasteiger partial charge in [-0.2, -0.15) is 0 Å². The Hall–Kier alpha value is -3.15. The summed E-state index contributed by atoms with van der Waals surface area (Å²) in [6.07, 6.45) is 1.47. The fraction of sp³-hybridized carbons (Fsp3) is 0.167. The lowest BCUT2D eigenvalue weighted by molar-refractivity contribution is -0.105. The summed E-state index contributed by atoms with van der Waals surface area (Å²) in [6, 6.07) is 13.4. The van der Waals surface area contributed by atoms with E-state index in [4.69, 9.17) is 4.74 Å². The number of aromatic nitrogens is 2. The number of benzene rings is 2. The fourth-order valence-corrected chi connectivity index (χ4v) is 2.44. The van der Waals surface area contributed by atoms with Crippen LogP contribution in [0.15, 0.2) is 42.5 Å². The van der Waals surface area contributed by atoms with Crippen molar-refractivity contribution in [3.05, 3.63) is 48.0 Å². The van der Waals surface area contributed by atoms with Gasteiger partial charge >= 0.3 is 0 Å². The number of methoxy groups -OCH3 is 1. The van der Waals surface area contributed by atoms with E-state index < -0.39 is 0 Å². The molecule has 0 unspecified atom stereocenters. The highest BCUT2D eigenvalue weighted by atomic mass is 16.5. The van der Waals surface area contributed by atoms with Crippen LogP contribution in [0.25, 0.3) is 11.0 Å². The highest BCUT2D eigenvalue weighted by Crippen LogP contribution is 2.28. The summed E-state index contributed by atoms with van der Waals surface area (Å²) in [6.45, 7) is 2.08. The molecular formula is C18H18N4O2. The van der Waals surface area contributed by atoms with Gasteiger partial charge in [0.15, 0.2) is 11.6 Å². The second-order valence-corrected chi connectivity index (χ2v) is 5.22. The van der Waals surface area contributed by atoms with Crippen LogP contribution in [0.2, 0.25) is 0 Å². The number of anilines is 3. The first kappa shape index (κ1) is 15.7. The van der Waals surface area contributed by atoms with Gasteiger partial charge in [-0.15, -0.1) is 0 Å². The second-order valence-electron chi connectivity index (χ2n) is 5.22. The molecule has 0 fully saturated rings. The Morgan fingerprint density at radius 1 is 1.08 bits per heavy atom. The van der Waals surface area contributed by atoms with Crippen molar-refractivity contribution < 1.29 is 9.53 Å². The minimum absolute atomic E-state index is 0.379. The molecule has 2 aromatic carbocycles. The van der Waals surface area contributed by atoms with Gasteiger partial charge in [-0.1, -0.05) is 19.1 Å². The van der Waals surface area contributed by atoms with Crippen molar-refractivity contribution in [1.29, 1.82) is 0 Å². The fourth-order valence-electron chi connectivity index (χ4n) is 2.44. The lowest BCUT2D eigenvalue weighted by Gasteiger charge is -2.13. The highest BCUT2D eigenvalue weighted by Gasteiger charge is 2.10. The van der Waals surface area contributed by atoms with Crippen molar-refractivity contribution in [3.8, 4) is 5.75 Å². The molecule has 0 aliphatic rings. The summed E-state index contributed by atoms with van der Waals surface area (Å²) >= 11 is 0. The number of fused-ring (bicyclic) bond motifs is 1. The van der Waals surface area contributed by atoms with Gasteiger partial charge in [-0.3, -0.25) is 4.79 Å². The third-order valence-corrected chi connectivity index (χ3v) is 3.64. The van der Waals surface area contributed by atoms with E-state index in [1.165, 1.54) is 0 Å². The molecule has 1 amide bonds. The van der Waals surface area contributed by atoms with E-state index in [0.29, 0.717) is 23.6 Å². The molecule has 2 N–H and O–H groups in total. The Morgan fingerprint density at radius 3 is 2.42 bits per heavy atom. The molecule has 3 rings (SSSR count). The summed E-state index contributed by atoms with van der Waals surface area (Å²) in [5.74, 6) is 1.62. The van der Waals surface area contributed by atoms with Crippen molar-refractivity contribution in [3.63, 3.8) is 0 Å². The Morgan fingerprint density at radius 2 is 1.79 bits per heavy atom. The number of nitrogens with zero attached hydrogens (tertiary/aromatic N) is 2. The van der Waals surface area contributed by atoms with Crippen LogP contribution in [-0.4, -0.2) is 23.5 Å². The number of hydrogen-bond donors (Lipinski definition) is 2. The molecule has 0 radical (unpaired) electrons. The summed E-state index contributed by atoms with van der Waals surface area (Å²) in [5, 5.41) is 5.82. The molecule has 1 aromatic heterocycles. The van der Waals surface area contributed by atoms with Crippen molar-refractivity contribution in [2.75, 3.05) is 17.7 Å². The van der Waals surface area contributed by atoms with Gasteiger partial charge in [-0.05, 0) is 36.2 Å². The zero-order valence-corrected chi connectivity index (χ0v) is 13.5. The Kier molecular flexibility index (Phi) is 4.56. The topological polar surface area (TPSA) is 76.1 Å². The quantitative estimate of drug-likeness (QED) is 0.679. The maximum atomic E-state index is 10.9. The summed E-state index contributed by atoms with van der Waals surface area (Å²) in [7, 11) is 1.63. The molecule has 24 heavy (non-hydrogen) atoms. The van der Waals surface area contributed by atoms with E-state index in [-0.39, 0.29) is 0 Å². The normalized spacial score (nSPS) is 10.4. The van der Waals surface area contributed by atoms with Crippen LogP contribution in [0.1, 0.15) is 12.5 Å². The number of hydrogen-bond acceptors (Lipinski definition) is 5. The number of carbonyl (C=O) groups excluding carboxylic acids is 1. The SMILES string of the molecule is CCc1cc(Nc2nc3ccccc3nc2NC=O)cc(OC)c1. The molecule has 6 heteroatoms. The van der Waals surface area contributed by atoms with E-state index >= 15 is 0 Å². The number of para-hydroxylation sites is 2. The van der Waals surface area contributed by atoms with Crippen molar-refractivity contribution >= 4 is 34.8 Å². The average molecular weight is 322 g/mol. The number of nitrogens with one attached hydrogen (secondary N) is 2. The van der Waals surface area contributed by atoms with E-state index in [1.54, 1.807) is 7.11 Å². The van der Waals surface area contributed by atoms with Gasteiger partial charge < -0.3 is 15.4 Å². The number of amides is 1. The smallest absolute Gasteiger partial charge is 0.212 e. The Balaban J connectivity index is 2.05. The standard InChI is InChI=1S/C18H18N4O2/c1-3-12-8-13(10-14(9-12)24-2)20-18-17(19-11-23)21-15-6-4-5-7-16(15)22-18/h4-11H,3H2,1-2H3,(H,20,22)(H,19,21,23).